The van der Waals surface area contributed by atoms with Gasteiger partial charge in [0.1, 0.15) is 0 Å². The quantitative estimate of drug-likeness (QED) is 0.634. The van der Waals surface area contributed by atoms with Gasteiger partial charge < -0.3 is 0 Å². The molecule has 0 heterocycles. The third-order valence-electron chi connectivity index (χ3n) is 4.93. The minimum atomic E-state index is 1.16. The maximum Gasteiger partial charge on any atom is -0.0145 e. The molecule has 0 N–H and O–H groups in total. The first-order chi connectivity index (χ1) is 10.7. The summed E-state index contributed by atoms with van der Waals surface area (Å²) in [7, 11) is 0. The third kappa shape index (κ3) is 2.23. The molecule has 0 amide bonds. The van der Waals surface area contributed by atoms with E-state index in [0.29, 0.717) is 0 Å². The largest absolute Gasteiger partial charge is 0.0757 e. The first kappa shape index (κ1) is 13.6. The zero-order chi connectivity index (χ0) is 15.1. The molecule has 0 aromatic heterocycles. The van der Waals surface area contributed by atoms with Crippen molar-refractivity contribution < 1.29 is 0 Å². The van der Waals surface area contributed by atoms with E-state index in [4.69, 9.17) is 0 Å². The van der Waals surface area contributed by atoms with Crippen LogP contribution in [-0.4, -0.2) is 0 Å². The summed E-state index contributed by atoms with van der Waals surface area (Å²) in [6.45, 7) is 4.39. The van der Waals surface area contributed by atoms with Gasteiger partial charge >= 0.3 is 0 Å². The normalized spacial score (nSPS) is 16.5. The number of hydrogen-bond acceptors (Lipinski definition) is 0. The molecule has 0 radical (unpaired) electrons. The van der Waals surface area contributed by atoms with Gasteiger partial charge in [0.05, 0.1) is 0 Å². The summed E-state index contributed by atoms with van der Waals surface area (Å²) in [5, 5.41) is 0. The Labute approximate surface area is 133 Å². The highest BCUT2D eigenvalue weighted by Gasteiger charge is 2.21. The topological polar surface area (TPSA) is 0 Å². The van der Waals surface area contributed by atoms with Gasteiger partial charge in [-0.3, -0.25) is 0 Å². The number of benzene rings is 2. The summed E-state index contributed by atoms with van der Waals surface area (Å²) in [5.41, 5.74) is 11.5. The van der Waals surface area contributed by atoms with Crippen LogP contribution in [0.5, 0.6) is 0 Å². The molecule has 0 atom stereocenters. The molecule has 0 saturated heterocycles. The molecular weight excluding hydrogens is 264 g/mol. The molecule has 0 fully saturated rings. The number of allylic oxidation sites excluding steroid dienone is 4. The highest BCUT2D eigenvalue weighted by Crippen LogP contribution is 2.40. The van der Waals surface area contributed by atoms with Crippen molar-refractivity contribution in [3.05, 3.63) is 81.9 Å². The SMILES string of the molecule is Cc1ccc2c(c1)C(C1=CCCc3ccc(C)cc31)=CCC2. The Morgan fingerprint density at radius 1 is 0.636 bits per heavy atom. The summed E-state index contributed by atoms with van der Waals surface area (Å²) in [6, 6.07) is 13.9. The van der Waals surface area contributed by atoms with Gasteiger partial charge in [-0.1, -0.05) is 59.7 Å². The smallest absolute Gasteiger partial charge is 0.0145 e. The number of aryl methyl sites for hydroxylation is 4. The Morgan fingerprint density at radius 3 is 1.55 bits per heavy atom. The molecule has 22 heavy (non-hydrogen) atoms. The number of rotatable bonds is 1. The summed E-state index contributed by atoms with van der Waals surface area (Å²) < 4.78 is 0. The van der Waals surface area contributed by atoms with Gasteiger partial charge in [0.2, 0.25) is 0 Å². The number of fused-ring (bicyclic) bond motifs is 2. The van der Waals surface area contributed by atoms with Crippen molar-refractivity contribution in [3.8, 4) is 0 Å². The Hall–Kier alpha value is -2.08. The molecule has 2 aliphatic carbocycles. The fourth-order valence-electron chi connectivity index (χ4n) is 3.79. The molecule has 0 heteroatoms. The Kier molecular flexibility index (Phi) is 3.26. The second kappa shape index (κ2) is 5.28. The van der Waals surface area contributed by atoms with E-state index in [1.165, 1.54) is 57.4 Å². The molecule has 2 aromatic carbocycles. The van der Waals surface area contributed by atoms with Crippen molar-refractivity contribution in [1.82, 2.24) is 0 Å². The average molecular weight is 286 g/mol. The van der Waals surface area contributed by atoms with Crippen LogP contribution >= 0.6 is 0 Å². The first-order valence-electron chi connectivity index (χ1n) is 8.33. The predicted octanol–water partition coefficient (Wildman–Crippen LogP) is 5.66. The lowest BCUT2D eigenvalue weighted by Crippen LogP contribution is -2.06. The lowest BCUT2D eigenvalue weighted by Gasteiger charge is -2.25. The van der Waals surface area contributed by atoms with Crippen LogP contribution in [0.4, 0.5) is 0 Å². The monoisotopic (exact) mass is 286 g/mol. The highest BCUT2D eigenvalue weighted by atomic mass is 14.2. The summed E-state index contributed by atoms with van der Waals surface area (Å²) in [6.07, 6.45) is 9.56. The lowest BCUT2D eigenvalue weighted by atomic mass is 9.79. The van der Waals surface area contributed by atoms with Crippen molar-refractivity contribution in [1.29, 1.82) is 0 Å². The lowest BCUT2D eigenvalue weighted by molar-refractivity contribution is 0.965. The summed E-state index contributed by atoms with van der Waals surface area (Å²) in [5.74, 6) is 0. The van der Waals surface area contributed by atoms with E-state index >= 15 is 0 Å². The van der Waals surface area contributed by atoms with Gasteiger partial charge in [0.25, 0.3) is 0 Å². The molecule has 2 aromatic rings. The second-order valence-corrected chi connectivity index (χ2v) is 6.63. The van der Waals surface area contributed by atoms with Gasteiger partial charge in [-0.05, 0) is 72.9 Å². The van der Waals surface area contributed by atoms with E-state index < -0.39 is 0 Å². The zero-order valence-electron chi connectivity index (χ0n) is 13.4. The molecule has 0 spiro atoms. The Bertz CT molecular complexity index is 733. The van der Waals surface area contributed by atoms with Crippen LogP contribution in [0.1, 0.15) is 46.2 Å². The van der Waals surface area contributed by atoms with Crippen molar-refractivity contribution in [2.45, 2.75) is 39.5 Å². The van der Waals surface area contributed by atoms with E-state index in [-0.39, 0.29) is 0 Å². The minimum absolute atomic E-state index is 1.16. The van der Waals surface area contributed by atoms with Gasteiger partial charge in [0.15, 0.2) is 0 Å². The predicted molar refractivity (Wildman–Crippen MR) is 95.0 cm³/mol. The van der Waals surface area contributed by atoms with Crippen LogP contribution in [0, 0.1) is 13.8 Å². The van der Waals surface area contributed by atoms with Crippen LogP contribution in [0.25, 0.3) is 11.1 Å². The van der Waals surface area contributed by atoms with Crippen LogP contribution in [0.2, 0.25) is 0 Å². The molecule has 0 saturated carbocycles. The number of hydrogen-bond donors (Lipinski definition) is 0. The van der Waals surface area contributed by atoms with E-state index in [2.05, 4.69) is 62.4 Å². The highest BCUT2D eigenvalue weighted by molar-refractivity contribution is 6.07. The van der Waals surface area contributed by atoms with E-state index in [1.54, 1.807) is 0 Å². The molecule has 0 unspecified atom stereocenters. The van der Waals surface area contributed by atoms with Crippen LogP contribution in [0.15, 0.2) is 48.6 Å². The molecule has 110 valence electrons. The molecule has 0 bridgehead atoms. The minimum Gasteiger partial charge on any atom is -0.0757 e. The van der Waals surface area contributed by atoms with Crippen molar-refractivity contribution in [2.75, 3.05) is 0 Å². The molecular formula is C22H22. The maximum absolute atomic E-state index is 2.45. The van der Waals surface area contributed by atoms with Gasteiger partial charge in [-0.15, -0.1) is 0 Å². The van der Waals surface area contributed by atoms with Crippen LogP contribution in [-0.2, 0) is 12.8 Å². The average Bonchev–Trinajstić information content (AvgIpc) is 2.54. The van der Waals surface area contributed by atoms with E-state index in [1.807, 2.05) is 0 Å². The summed E-state index contributed by atoms with van der Waals surface area (Å²) >= 11 is 0. The van der Waals surface area contributed by atoms with Gasteiger partial charge in [0, 0.05) is 0 Å². The second-order valence-electron chi connectivity index (χ2n) is 6.63. The van der Waals surface area contributed by atoms with Crippen molar-refractivity contribution >= 4 is 11.1 Å². The fourth-order valence-corrected chi connectivity index (χ4v) is 3.79. The van der Waals surface area contributed by atoms with E-state index in [0.717, 1.165) is 12.8 Å². The standard InChI is InChI=1S/C22H22/c1-15-9-11-17-5-3-7-19(21(17)13-15)20-8-4-6-18-12-10-16(2)14-22(18)20/h7-14H,3-6H2,1-2H3. The molecule has 2 aliphatic rings. The Morgan fingerprint density at radius 2 is 1.09 bits per heavy atom. The molecule has 0 nitrogen and oxygen atoms in total. The van der Waals surface area contributed by atoms with E-state index in [9.17, 15) is 0 Å². The zero-order valence-corrected chi connectivity index (χ0v) is 13.4. The first-order valence-corrected chi connectivity index (χ1v) is 8.33. The van der Waals surface area contributed by atoms with Gasteiger partial charge in [-0.25, -0.2) is 0 Å². The molecule has 0 aliphatic heterocycles. The van der Waals surface area contributed by atoms with Gasteiger partial charge in [-0.2, -0.15) is 0 Å². The third-order valence-corrected chi connectivity index (χ3v) is 4.93. The molecule has 4 rings (SSSR count). The van der Waals surface area contributed by atoms with Crippen molar-refractivity contribution in [3.63, 3.8) is 0 Å². The van der Waals surface area contributed by atoms with Crippen LogP contribution < -0.4 is 0 Å². The van der Waals surface area contributed by atoms with Crippen LogP contribution in [0.3, 0.4) is 0 Å². The maximum atomic E-state index is 2.45. The Balaban J connectivity index is 1.87. The summed E-state index contributed by atoms with van der Waals surface area (Å²) in [4.78, 5) is 0. The fraction of sp³-hybridized carbons (Fsp3) is 0.273. The van der Waals surface area contributed by atoms with Crippen molar-refractivity contribution in [2.24, 2.45) is 0 Å².